The summed E-state index contributed by atoms with van der Waals surface area (Å²) in [4.78, 5) is 0.305. The quantitative estimate of drug-likeness (QED) is 0.937. The molecule has 5 nitrogen and oxygen atoms in total. The average Bonchev–Trinajstić information content (AvgIpc) is 3.07. The van der Waals surface area contributed by atoms with Crippen molar-refractivity contribution in [3.8, 4) is 0 Å². The molecule has 2 aromatic rings. The third kappa shape index (κ3) is 2.32. The number of rotatable bonds is 4. The number of benzene rings is 1. The maximum Gasteiger partial charge on any atom is 0.243 e. The maximum atomic E-state index is 12.5. The van der Waals surface area contributed by atoms with Crippen LogP contribution >= 0.6 is 0 Å². The van der Waals surface area contributed by atoms with Gasteiger partial charge in [-0.2, -0.15) is 4.31 Å². The highest BCUT2D eigenvalue weighted by atomic mass is 32.2. The first-order chi connectivity index (χ1) is 9.57. The summed E-state index contributed by atoms with van der Waals surface area (Å²) in [5.41, 5.74) is 2.08. The number of nitrogens with zero attached hydrogens (tertiary/aromatic N) is 1. The predicted octanol–water partition coefficient (Wildman–Crippen LogP) is 2.07. The molecule has 1 aliphatic heterocycles. The number of nitrogens with one attached hydrogen (secondary N) is 1. The second-order valence-electron chi connectivity index (χ2n) is 4.84. The van der Waals surface area contributed by atoms with E-state index in [0.29, 0.717) is 10.7 Å². The van der Waals surface area contributed by atoms with E-state index in [1.165, 1.54) is 10.6 Å². The molecule has 0 bridgehead atoms. The molecular weight excluding hydrogens is 276 g/mol. The Labute approximate surface area is 118 Å². The van der Waals surface area contributed by atoms with Gasteiger partial charge in [-0.3, -0.25) is 0 Å². The molecule has 106 valence electrons. The predicted molar refractivity (Wildman–Crippen MR) is 76.0 cm³/mol. The van der Waals surface area contributed by atoms with Crippen LogP contribution in [0.25, 0.3) is 0 Å². The number of hydrogen-bond donors (Lipinski definition) is 1. The number of furan rings is 1. The van der Waals surface area contributed by atoms with E-state index in [9.17, 15) is 8.42 Å². The lowest BCUT2D eigenvalue weighted by Gasteiger charge is -2.16. The van der Waals surface area contributed by atoms with Gasteiger partial charge in [-0.15, -0.1) is 0 Å². The lowest BCUT2D eigenvalue weighted by molar-refractivity contribution is 0.406. The van der Waals surface area contributed by atoms with Gasteiger partial charge in [-0.25, -0.2) is 8.42 Å². The smallest absolute Gasteiger partial charge is 0.243 e. The summed E-state index contributed by atoms with van der Waals surface area (Å²) < 4.78 is 31.5. The molecule has 1 aliphatic rings. The van der Waals surface area contributed by atoms with Crippen LogP contribution in [0.3, 0.4) is 0 Å². The minimum Gasteiger partial charge on any atom is -0.468 e. The van der Waals surface area contributed by atoms with Gasteiger partial charge in [-0.05, 0) is 36.2 Å². The summed E-state index contributed by atoms with van der Waals surface area (Å²) in [7, 11) is -1.95. The van der Waals surface area contributed by atoms with Gasteiger partial charge in [-0.1, -0.05) is 6.07 Å². The van der Waals surface area contributed by atoms with Crippen molar-refractivity contribution in [1.82, 2.24) is 4.31 Å². The van der Waals surface area contributed by atoms with Gasteiger partial charge in [0, 0.05) is 19.3 Å². The monoisotopic (exact) mass is 292 g/mol. The summed E-state index contributed by atoms with van der Waals surface area (Å²) in [6.07, 6.45) is 2.48. The van der Waals surface area contributed by atoms with Gasteiger partial charge in [0.2, 0.25) is 10.0 Å². The first kappa shape index (κ1) is 13.2. The molecule has 0 aliphatic carbocycles. The number of sulfonamides is 1. The molecule has 1 aromatic heterocycles. The number of fused-ring (bicyclic) bond motifs is 1. The lowest BCUT2D eigenvalue weighted by atomic mass is 10.2. The van der Waals surface area contributed by atoms with Gasteiger partial charge < -0.3 is 9.73 Å². The Balaban J connectivity index is 1.87. The minimum atomic E-state index is -3.50. The van der Waals surface area contributed by atoms with E-state index in [4.69, 9.17) is 4.42 Å². The Hall–Kier alpha value is -1.79. The van der Waals surface area contributed by atoms with Crippen molar-refractivity contribution in [2.75, 3.05) is 18.9 Å². The third-order valence-corrected chi connectivity index (χ3v) is 5.26. The van der Waals surface area contributed by atoms with Gasteiger partial charge in [0.15, 0.2) is 0 Å². The molecule has 0 saturated carbocycles. The van der Waals surface area contributed by atoms with Crippen molar-refractivity contribution in [2.24, 2.45) is 0 Å². The van der Waals surface area contributed by atoms with Gasteiger partial charge in [0.25, 0.3) is 0 Å². The van der Waals surface area contributed by atoms with Crippen molar-refractivity contribution < 1.29 is 12.8 Å². The first-order valence-corrected chi connectivity index (χ1v) is 7.87. The number of hydrogen-bond acceptors (Lipinski definition) is 4. The summed E-state index contributed by atoms with van der Waals surface area (Å²) in [5, 5.41) is 3.20. The Morgan fingerprint density at radius 2 is 2.20 bits per heavy atom. The molecule has 0 saturated heterocycles. The molecular formula is C14H16N2O3S. The number of anilines is 1. The van der Waals surface area contributed by atoms with Crippen LogP contribution in [-0.2, 0) is 23.0 Å². The fourth-order valence-electron chi connectivity index (χ4n) is 2.32. The lowest BCUT2D eigenvalue weighted by Crippen LogP contribution is -2.26. The van der Waals surface area contributed by atoms with E-state index < -0.39 is 10.0 Å². The third-order valence-electron chi connectivity index (χ3n) is 3.46. The highest BCUT2D eigenvalue weighted by Gasteiger charge is 2.23. The molecule has 0 atom stereocenters. The molecule has 0 radical (unpaired) electrons. The molecule has 0 fully saturated rings. The summed E-state index contributed by atoms with van der Waals surface area (Å²) >= 11 is 0. The zero-order chi connectivity index (χ0) is 14.2. The summed E-state index contributed by atoms with van der Waals surface area (Å²) in [6, 6.07) is 8.75. The van der Waals surface area contributed by atoms with Crippen molar-refractivity contribution in [1.29, 1.82) is 0 Å². The Morgan fingerprint density at radius 3 is 2.95 bits per heavy atom. The van der Waals surface area contributed by atoms with Crippen LogP contribution in [-0.4, -0.2) is 26.3 Å². The highest BCUT2D eigenvalue weighted by Crippen LogP contribution is 2.27. The fourth-order valence-corrected chi connectivity index (χ4v) is 3.48. The van der Waals surface area contributed by atoms with E-state index in [-0.39, 0.29) is 6.54 Å². The maximum absolute atomic E-state index is 12.5. The molecule has 3 rings (SSSR count). The zero-order valence-electron chi connectivity index (χ0n) is 11.2. The van der Waals surface area contributed by atoms with Crippen molar-refractivity contribution in [3.05, 3.63) is 47.9 Å². The van der Waals surface area contributed by atoms with Crippen LogP contribution in [0.15, 0.2) is 45.9 Å². The van der Waals surface area contributed by atoms with Crippen LogP contribution in [0.4, 0.5) is 5.69 Å². The molecule has 0 spiro atoms. The second-order valence-corrected chi connectivity index (χ2v) is 6.88. The van der Waals surface area contributed by atoms with E-state index in [1.54, 1.807) is 31.3 Å². The van der Waals surface area contributed by atoms with E-state index in [2.05, 4.69) is 5.32 Å². The van der Waals surface area contributed by atoms with Crippen molar-refractivity contribution in [2.45, 2.75) is 17.9 Å². The van der Waals surface area contributed by atoms with Crippen LogP contribution in [0.1, 0.15) is 11.3 Å². The molecule has 20 heavy (non-hydrogen) atoms. The zero-order valence-corrected chi connectivity index (χ0v) is 12.0. The SMILES string of the molecule is CN(Cc1ccco1)S(=O)(=O)c1ccc2c(c1)NCC2. The fraction of sp³-hybridized carbons (Fsp3) is 0.286. The largest absolute Gasteiger partial charge is 0.468 e. The van der Waals surface area contributed by atoms with Crippen LogP contribution in [0.5, 0.6) is 0 Å². The molecule has 1 N–H and O–H groups in total. The van der Waals surface area contributed by atoms with Gasteiger partial charge in [0.05, 0.1) is 17.7 Å². The Bertz CT molecular complexity index is 708. The van der Waals surface area contributed by atoms with Gasteiger partial charge in [0.1, 0.15) is 5.76 Å². The van der Waals surface area contributed by atoms with Crippen LogP contribution < -0.4 is 5.32 Å². The molecule has 0 unspecified atom stereocenters. The summed E-state index contributed by atoms with van der Waals surface area (Å²) in [5.74, 6) is 0.621. The second kappa shape index (κ2) is 4.96. The molecule has 6 heteroatoms. The van der Waals surface area contributed by atoms with Crippen molar-refractivity contribution in [3.63, 3.8) is 0 Å². The standard InChI is InChI=1S/C14H16N2O3S/c1-16(10-12-3-2-8-19-12)20(17,18)13-5-4-11-6-7-15-14(11)9-13/h2-5,8-9,15H,6-7,10H2,1H3. The average molecular weight is 292 g/mol. The van der Waals surface area contributed by atoms with E-state index in [0.717, 1.165) is 24.2 Å². The molecule has 1 aromatic carbocycles. The first-order valence-electron chi connectivity index (χ1n) is 6.43. The molecule has 0 amide bonds. The van der Waals surface area contributed by atoms with Crippen LogP contribution in [0.2, 0.25) is 0 Å². The van der Waals surface area contributed by atoms with Crippen molar-refractivity contribution >= 4 is 15.7 Å². The molecule has 2 heterocycles. The summed E-state index contributed by atoms with van der Waals surface area (Å²) in [6.45, 7) is 1.08. The Kier molecular flexibility index (Phi) is 3.27. The highest BCUT2D eigenvalue weighted by molar-refractivity contribution is 7.89. The van der Waals surface area contributed by atoms with Gasteiger partial charge >= 0.3 is 0 Å². The minimum absolute atomic E-state index is 0.222. The topological polar surface area (TPSA) is 62.6 Å². The van der Waals surface area contributed by atoms with Crippen LogP contribution in [0, 0.1) is 0 Å². The normalized spacial score (nSPS) is 14.3. The Morgan fingerprint density at radius 1 is 1.35 bits per heavy atom. The van der Waals surface area contributed by atoms with E-state index in [1.807, 2.05) is 6.07 Å². The van der Waals surface area contributed by atoms with E-state index >= 15 is 0 Å².